The Morgan fingerprint density at radius 2 is 1.95 bits per heavy atom. The van der Waals surface area contributed by atoms with E-state index in [2.05, 4.69) is 4.90 Å². The first-order valence-corrected chi connectivity index (χ1v) is 8.14. The molecule has 1 fully saturated rings. The molecule has 0 bridgehead atoms. The zero-order valence-electron chi connectivity index (χ0n) is 11.8. The Morgan fingerprint density at radius 1 is 1.24 bits per heavy atom. The Kier molecular flexibility index (Phi) is 4.22. The number of rotatable bonds is 3. The van der Waals surface area contributed by atoms with Crippen LogP contribution in [0.1, 0.15) is 40.9 Å². The molecule has 1 aliphatic rings. The molecule has 2 heterocycles. The first kappa shape index (κ1) is 14.5. The fraction of sp³-hybridized carbons (Fsp3) is 0.438. The van der Waals surface area contributed by atoms with Crippen molar-refractivity contribution in [2.75, 3.05) is 13.1 Å². The van der Waals surface area contributed by atoms with E-state index >= 15 is 0 Å². The zero-order valence-corrected chi connectivity index (χ0v) is 12.6. The van der Waals surface area contributed by atoms with Gasteiger partial charge in [-0.25, -0.2) is 9.18 Å². The summed E-state index contributed by atoms with van der Waals surface area (Å²) in [6.45, 7) is 2.46. The molecule has 1 aromatic heterocycles. The van der Waals surface area contributed by atoms with E-state index in [1.54, 1.807) is 12.1 Å². The standard InChI is InChI=1S/C16H18FNO2S/c17-12-6-5-7-13-14(12)11(15(21-13)16(19)20)10-18-8-3-1-2-4-9-18/h5-7H,1-4,8-10H2,(H,19,20). The smallest absolute Gasteiger partial charge is 0.346 e. The predicted molar refractivity (Wildman–Crippen MR) is 82.5 cm³/mol. The van der Waals surface area contributed by atoms with Gasteiger partial charge in [-0.3, -0.25) is 4.90 Å². The lowest BCUT2D eigenvalue weighted by Gasteiger charge is -2.20. The van der Waals surface area contributed by atoms with Crippen molar-refractivity contribution in [2.45, 2.75) is 32.2 Å². The van der Waals surface area contributed by atoms with Gasteiger partial charge in [0.2, 0.25) is 0 Å². The SMILES string of the molecule is O=C(O)c1sc2cccc(F)c2c1CN1CCCCCC1. The van der Waals surface area contributed by atoms with E-state index in [9.17, 15) is 14.3 Å². The van der Waals surface area contributed by atoms with Crippen molar-refractivity contribution in [3.8, 4) is 0 Å². The fourth-order valence-electron chi connectivity index (χ4n) is 3.01. The largest absolute Gasteiger partial charge is 0.477 e. The number of aromatic carboxylic acids is 1. The summed E-state index contributed by atoms with van der Waals surface area (Å²) in [5.41, 5.74) is 0.641. The van der Waals surface area contributed by atoms with Gasteiger partial charge in [-0.2, -0.15) is 0 Å². The number of benzene rings is 1. The lowest BCUT2D eigenvalue weighted by atomic mass is 10.1. The molecular weight excluding hydrogens is 289 g/mol. The zero-order chi connectivity index (χ0) is 14.8. The molecule has 112 valence electrons. The van der Waals surface area contributed by atoms with Crippen LogP contribution in [0.5, 0.6) is 0 Å². The Labute approximate surface area is 127 Å². The number of hydrogen-bond acceptors (Lipinski definition) is 3. The maximum atomic E-state index is 14.2. The number of carboxylic acid groups (broad SMARTS) is 1. The van der Waals surface area contributed by atoms with Crippen molar-refractivity contribution >= 4 is 27.4 Å². The van der Waals surface area contributed by atoms with Gasteiger partial charge < -0.3 is 5.11 Å². The number of fused-ring (bicyclic) bond motifs is 1. The van der Waals surface area contributed by atoms with Crippen molar-refractivity contribution in [1.29, 1.82) is 0 Å². The van der Waals surface area contributed by atoms with Crippen molar-refractivity contribution < 1.29 is 14.3 Å². The summed E-state index contributed by atoms with van der Waals surface area (Å²) in [7, 11) is 0. The van der Waals surface area contributed by atoms with E-state index in [0.717, 1.165) is 30.6 Å². The fourth-order valence-corrected chi connectivity index (χ4v) is 4.08. The Hall–Kier alpha value is -1.46. The highest BCUT2D eigenvalue weighted by molar-refractivity contribution is 7.21. The molecule has 1 saturated heterocycles. The highest BCUT2D eigenvalue weighted by Crippen LogP contribution is 2.34. The monoisotopic (exact) mass is 307 g/mol. The van der Waals surface area contributed by atoms with E-state index in [1.165, 1.54) is 30.2 Å². The summed E-state index contributed by atoms with van der Waals surface area (Å²) in [6.07, 6.45) is 4.71. The summed E-state index contributed by atoms with van der Waals surface area (Å²) < 4.78 is 14.9. The van der Waals surface area contributed by atoms with Gasteiger partial charge in [0.15, 0.2) is 0 Å². The summed E-state index contributed by atoms with van der Waals surface area (Å²) in [5, 5.41) is 9.90. The number of halogens is 1. The van der Waals surface area contributed by atoms with Gasteiger partial charge in [-0.05, 0) is 38.1 Å². The molecule has 0 atom stereocenters. The molecule has 0 spiro atoms. The van der Waals surface area contributed by atoms with E-state index in [0.29, 0.717) is 17.5 Å². The van der Waals surface area contributed by atoms with Gasteiger partial charge in [0.25, 0.3) is 0 Å². The maximum absolute atomic E-state index is 14.2. The van der Waals surface area contributed by atoms with Crippen LogP contribution in [0.2, 0.25) is 0 Å². The molecule has 0 amide bonds. The van der Waals surface area contributed by atoms with Crippen LogP contribution in [0, 0.1) is 5.82 Å². The molecule has 5 heteroatoms. The minimum absolute atomic E-state index is 0.277. The van der Waals surface area contributed by atoms with E-state index in [4.69, 9.17) is 0 Å². The van der Waals surface area contributed by atoms with Gasteiger partial charge in [0.1, 0.15) is 10.7 Å². The number of hydrogen-bond donors (Lipinski definition) is 1. The van der Waals surface area contributed by atoms with Gasteiger partial charge in [0.05, 0.1) is 0 Å². The highest BCUT2D eigenvalue weighted by Gasteiger charge is 2.22. The first-order chi connectivity index (χ1) is 10.2. The van der Waals surface area contributed by atoms with Crippen molar-refractivity contribution in [1.82, 2.24) is 4.90 Å². The lowest BCUT2D eigenvalue weighted by molar-refractivity contribution is 0.0700. The summed E-state index contributed by atoms with van der Waals surface area (Å²) >= 11 is 1.17. The highest BCUT2D eigenvalue weighted by atomic mass is 32.1. The lowest BCUT2D eigenvalue weighted by Crippen LogP contribution is -2.24. The van der Waals surface area contributed by atoms with Crippen molar-refractivity contribution in [3.63, 3.8) is 0 Å². The minimum atomic E-state index is -0.958. The number of likely N-dealkylation sites (tertiary alicyclic amines) is 1. The summed E-state index contributed by atoms with van der Waals surface area (Å²) in [5.74, 6) is -1.28. The van der Waals surface area contributed by atoms with E-state index in [1.807, 2.05) is 0 Å². The summed E-state index contributed by atoms with van der Waals surface area (Å²) in [6, 6.07) is 4.84. The second-order valence-electron chi connectivity index (χ2n) is 5.52. The number of carbonyl (C=O) groups is 1. The molecule has 0 unspecified atom stereocenters. The van der Waals surface area contributed by atoms with Gasteiger partial charge in [-0.1, -0.05) is 18.9 Å². The van der Waals surface area contributed by atoms with Gasteiger partial charge >= 0.3 is 5.97 Å². The van der Waals surface area contributed by atoms with Crippen LogP contribution >= 0.6 is 11.3 Å². The van der Waals surface area contributed by atoms with Crippen LogP contribution in [0.3, 0.4) is 0 Å². The average Bonchev–Trinajstić information content (AvgIpc) is 2.64. The molecular formula is C16H18FNO2S. The third-order valence-corrected chi connectivity index (χ3v) is 5.22. The predicted octanol–water partition coefficient (Wildman–Crippen LogP) is 4.11. The Balaban J connectivity index is 2.02. The molecule has 1 aromatic carbocycles. The van der Waals surface area contributed by atoms with Crippen LogP contribution in [0.4, 0.5) is 4.39 Å². The van der Waals surface area contributed by atoms with Crippen molar-refractivity contribution in [3.05, 3.63) is 34.5 Å². The molecule has 2 aromatic rings. The normalized spacial score (nSPS) is 17.0. The maximum Gasteiger partial charge on any atom is 0.346 e. The van der Waals surface area contributed by atoms with Crippen LogP contribution < -0.4 is 0 Å². The quantitative estimate of drug-likeness (QED) is 0.927. The molecule has 1 N–H and O–H groups in total. The number of thiophene rings is 1. The second kappa shape index (κ2) is 6.12. The number of carboxylic acids is 1. The molecule has 0 radical (unpaired) electrons. The topological polar surface area (TPSA) is 40.5 Å². The van der Waals surface area contributed by atoms with Crippen molar-refractivity contribution in [2.24, 2.45) is 0 Å². The Morgan fingerprint density at radius 3 is 2.62 bits per heavy atom. The molecule has 3 nitrogen and oxygen atoms in total. The number of nitrogens with zero attached hydrogens (tertiary/aromatic N) is 1. The third-order valence-electron chi connectivity index (χ3n) is 4.04. The molecule has 1 aliphatic heterocycles. The van der Waals surface area contributed by atoms with Gasteiger partial charge in [-0.15, -0.1) is 11.3 Å². The molecule has 0 aliphatic carbocycles. The molecule has 21 heavy (non-hydrogen) atoms. The average molecular weight is 307 g/mol. The first-order valence-electron chi connectivity index (χ1n) is 7.32. The second-order valence-corrected chi connectivity index (χ2v) is 6.57. The van der Waals surface area contributed by atoms with Gasteiger partial charge in [0, 0.05) is 22.2 Å². The van der Waals surface area contributed by atoms with Crippen LogP contribution in [0.15, 0.2) is 18.2 Å². The van der Waals surface area contributed by atoms with E-state index < -0.39 is 5.97 Å². The molecule has 0 saturated carbocycles. The van der Waals surface area contributed by atoms with E-state index in [-0.39, 0.29) is 10.7 Å². The summed E-state index contributed by atoms with van der Waals surface area (Å²) in [4.78, 5) is 14.0. The van der Waals surface area contributed by atoms with Crippen LogP contribution in [-0.4, -0.2) is 29.1 Å². The minimum Gasteiger partial charge on any atom is -0.477 e. The van der Waals surface area contributed by atoms with Crippen LogP contribution in [0.25, 0.3) is 10.1 Å². The third kappa shape index (κ3) is 2.94. The van der Waals surface area contributed by atoms with Crippen LogP contribution in [-0.2, 0) is 6.54 Å². The molecule has 3 rings (SSSR count). The Bertz CT molecular complexity index is 660.